The highest BCUT2D eigenvalue weighted by atomic mass is 28.4. The van der Waals surface area contributed by atoms with Gasteiger partial charge in [-0.1, -0.05) is 42.5 Å². The fraction of sp³-hybridized carbons (Fsp3) is 0.351. The van der Waals surface area contributed by atoms with Gasteiger partial charge in [0.15, 0.2) is 5.60 Å². The molecule has 0 unspecified atom stereocenters. The number of amides is 2. The number of fused-ring (bicyclic) bond motifs is 3. The third-order valence-electron chi connectivity index (χ3n) is 10.4. The van der Waals surface area contributed by atoms with Crippen molar-refractivity contribution in [2.24, 2.45) is 5.92 Å². The summed E-state index contributed by atoms with van der Waals surface area (Å²) in [6.45, 7) is 5.42. The summed E-state index contributed by atoms with van der Waals surface area (Å²) in [5.41, 5.74) is 2.24. The minimum absolute atomic E-state index is 0.0639. The van der Waals surface area contributed by atoms with E-state index in [0.29, 0.717) is 42.0 Å². The Bertz CT molecular complexity index is 2150. The molecule has 13 nitrogen and oxygen atoms in total. The second-order valence-corrected chi connectivity index (χ2v) is 17.9. The number of aromatic amines is 1. The highest BCUT2D eigenvalue weighted by molar-refractivity contribution is 6.72. The van der Waals surface area contributed by atoms with Gasteiger partial charge in [-0.2, -0.15) is 0 Å². The van der Waals surface area contributed by atoms with Gasteiger partial charge in [0.05, 0.1) is 35.4 Å². The van der Waals surface area contributed by atoms with Gasteiger partial charge in [-0.05, 0) is 54.9 Å². The van der Waals surface area contributed by atoms with E-state index >= 15 is 4.11 Å². The molecule has 3 aromatic carbocycles. The summed E-state index contributed by atoms with van der Waals surface area (Å²) in [6, 6.07) is 19.3. The third kappa shape index (κ3) is 6.39. The molecular weight excluding hydrogens is 686 g/mol. The van der Waals surface area contributed by atoms with Crippen LogP contribution in [0, 0.1) is 16.0 Å². The molecule has 2 aliphatic rings. The lowest BCUT2D eigenvalue weighted by Gasteiger charge is -2.31. The number of rotatable bonds is 12. The van der Waals surface area contributed by atoms with Crippen LogP contribution in [0.15, 0.2) is 79.1 Å². The summed E-state index contributed by atoms with van der Waals surface area (Å²) in [5.74, 6) is -1.20. The molecule has 0 aliphatic carbocycles. The van der Waals surface area contributed by atoms with Crippen molar-refractivity contribution in [3.8, 4) is 0 Å². The van der Waals surface area contributed by atoms with Gasteiger partial charge in [-0.25, -0.2) is 0 Å². The monoisotopic (exact) mass is 725 g/mol. The average molecular weight is 726 g/mol. The molecule has 4 atom stereocenters. The lowest BCUT2D eigenvalue weighted by Crippen LogP contribution is -2.45. The number of non-ortho nitro benzene ring substituents is 1. The van der Waals surface area contributed by atoms with Crippen LogP contribution in [0.3, 0.4) is 0 Å². The Kier molecular flexibility index (Phi) is 9.27. The minimum atomic E-state index is -3.47. The van der Waals surface area contributed by atoms with Gasteiger partial charge >= 0.3 is 0 Å². The SMILES string of the molecule is C[C@@H]1[C@@H]([Si](C)(C)F)[C@H](CCn2cc(CCO)nn2)O[C@@]12C(=O)N(Cc1ccc(NC(=O)Cc3c[nH]c4ccccc34)cc1)c1ccc([N+](=O)[O-])cc12. The summed E-state index contributed by atoms with van der Waals surface area (Å²) in [5, 5.41) is 33.3. The molecule has 1 spiro atoms. The molecule has 7 rings (SSSR count). The van der Waals surface area contributed by atoms with Crippen LogP contribution in [0.4, 0.5) is 21.2 Å². The summed E-state index contributed by atoms with van der Waals surface area (Å²) in [7, 11) is -3.47. The Hall–Kier alpha value is -5.25. The number of hydrogen-bond acceptors (Lipinski definition) is 8. The molecule has 15 heteroatoms. The number of aliphatic hydroxyl groups excluding tert-OH is 1. The van der Waals surface area contributed by atoms with Gasteiger partial charge in [-0.3, -0.25) is 24.4 Å². The number of aryl methyl sites for hydroxylation is 1. The van der Waals surface area contributed by atoms with E-state index in [1.54, 1.807) is 47.1 Å². The van der Waals surface area contributed by atoms with E-state index in [2.05, 4.69) is 20.6 Å². The lowest BCUT2D eigenvalue weighted by molar-refractivity contribution is -0.385. The van der Waals surface area contributed by atoms with Gasteiger partial charge < -0.3 is 29.2 Å². The lowest BCUT2D eigenvalue weighted by atomic mass is 9.82. The van der Waals surface area contributed by atoms with Crippen molar-refractivity contribution in [2.45, 2.75) is 69.6 Å². The van der Waals surface area contributed by atoms with Crippen molar-refractivity contribution >= 4 is 48.2 Å². The number of benzene rings is 3. The number of nitro groups is 1. The van der Waals surface area contributed by atoms with Gasteiger partial charge in [0.25, 0.3) is 11.6 Å². The number of halogens is 1. The Morgan fingerprint density at radius 3 is 2.67 bits per heavy atom. The van der Waals surface area contributed by atoms with Crippen molar-refractivity contribution in [3.63, 3.8) is 0 Å². The van der Waals surface area contributed by atoms with E-state index in [1.807, 2.05) is 49.5 Å². The van der Waals surface area contributed by atoms with Crippen molar-refractivity contribution in [3.05, 3.63) is 112 Å². The zero-order chi connectivity index (χ0) is 36.8. The van der Waals surface area contributed by atoms with Crippen LogP contribution < -0.4 is 10.2 Å². The number of aliphatic hydroxyl groups is 1. The Labute approximate surface area is 300 Å². The zero-order valence-electron chi connectivity index (χ0n) is 29.1. The molecule has 2 amide bonds. The molecule has 2 aliphatic heterocycles. The smallest absolute Gasteiger partial charge is 0.269 e. The zero-order valence-corrected chi connectivity index (χ0v) is 30.1. The number of ether oxygens (including phenoxy) is 1. The molecule has 4 heterocycles. The Balaban J connectivity index is 1.13. The van der Waals surface area contributed by atoms with Gasteiger partial charge in [0, 0.05) is 77.7 Å². The first-order chi connectivity index (χ1) is 24.9. The van der Waals surface area contributed by atoms with E-state index in [4.69, 9.17) is 4.74 Å². The molecule has 3 N–H and O–H groups in total. The number of hydrogen-bond donors (Lipinski definition) is 3. The van der Waals surface area contributed by atoms with Crippen molar-refractivity contribution in [2.75, 3.05) is 16.8 Å². The number of nitrogens with zero attached hydrogens (tertiary/aromatic N) is 5. The van der Waals surface area contributed by atoms with Crippen molar-refractivity contribution < 1.29 is 28.5 Å². The van der Waals surface area contributed by atoms with E-state index in [-0.39, 0.29) is 31.2 Å². The molecular formula is C37H40FN7O6Si. The number of carbonyl (C=O) groups excluding carboxylic acids is 2. The van der Waals surface area contributed by atoms with Gasteiger partial charge in [0.1, 0.15) is 0 Å². The van der Waals surface area contributed by atoms with Gasteiger partial charge in [-0.15, -0.1) is 5.10 Å². The van der Waals surface area contributed by atoms with Crippen molar-refractivity contribution in [1.29, 1.82) is 0 Å². The second-order valence-electron chi connectivity index (χ2n) is 14.1. The molecule has 0 radical (unpaired) electrons. The van der Waals surface area contributed by atoms with E-state index in [0.717, 1.165) is 22.0 Å². The number of H-pyrrole nitrogens is 1. The number of anilines is 2. The number of aromatic nitrogens is 4. The molecule has 0 bridgehead atoms. The largest absolute Gasteiger partial charge is 0.396 e. The highest BCUT2D eigenvalue weighted by Crippen LogP contribution is 2.60. The first kappa shape index (κ1) is 35.2. The molecule has 52 heavy (non-hydrogen) atoms. The highest BCUT2D eigenvalue weighted by Gasteiger charge is 2.66. The van der Waals surface area contributed by atoms with E-state index in [9.17, 15) is 24.8 Å². The maximum atomic E-state index is 16.3. The molecule has 5 aromatic rings. The predicted octanol–water partition coefficient (Wildman–Crippen LogP) is 5.80. The summed E-state index contributed by atoms with van der Waals surface area (Å²) >= 11 is 0. The maximum Gasteiger partial charge on any atom is 0.269 e. The normalized spacial score (nSPS) is 21.3. The minimum Gasteiger partial charge on any atom is -0.396 e. The number of nitro benzene ring substituents is 1. The number of nitrogens with one attached hydrogen (secondary N) is 2. The topological polar surface area (TPSA) is 169 Å². The Morgan fingerprint density at radius 1 is 1.17 bits per heavy atom. The van der Waals surface area contributed by atoms with Crippen LogP contribution in [0.5, 0.6) is 0 Å². The predicted molar refractivity (Wildman–Crippen MR) is 195 cm³/mol. The summed E-state index contributed by atoms with van der Waals surface area (Å²) in [6.07, 6.45) is 3.78. The fourth-order valence-corrected chi connectivity index (χ4v) is 10.6. The first-order valence-corrected chi connectivity index (χ1v) is 20.3. The molecule has 1 fully saturated rings. The Morgan fingerprint density at radius 2 is 1.94 bits per heavy atom. The first-order valence-electron chi connectivity index (χ1n) is 17.3. The maximum absolute atomic E-state index is 16.3. The molecule has 270 valence electrons. The summed E-state index contributed by atoms with van der Waals surface area (Å²) < 4.78 is 24.6. The fourth-order valence-electron chi connectivity index (χ4n) is 8.04. The molecule has 0 saturated carbocycles. The van der Waals surface area contributed by atoms with Gasteiger partial charge in [0.2, 0.25) is 14.3 Å². The van der Waals surface area contributed by atoms with Crippen LogP contribution in [-0.4, -0.2) is 62.9 Å². The van der Waals surface area contributed by atoms with Crippen molar-refractivity contribution in [1.82, 2.24) is 20.0 Å². The standard InChI is InChI=1S/C37H40FN7O6Si/c1-23-35(52(2,3)38)33(14-16-43-22-27(15-17-46)41-42-43)51-37(23)30-19-28(45(49)50)12-13-32(30)44(36(37)48)21-24-8-10-26(11-9-24)40-34(47)18-25-20-39-31-7-5-4-6-29(25)31/h4-13,19-20,22-23,33,35,39,46H,14-18,21H2,1-3H3,(H,40,47)/t23-,33+,35-,37+/m1/s1. The number of carbonyl (C=O) groups is 2. The number of para-hydroxylation sites is 1. The van der Waals surface area contributed by atoms with E-state index < -0.39 is 42.4 Å². The quantitative estimate of drug-likeness (QED) is 0.0628. The van der Waals surface area contributed by atoms with Crippen LogP contribution in [0.25, 0.3) is 10.9 Å². The summed E-state index contributed by atoms with van der Waals surface area (Å²) in [4.78, 5) is 43.8. The van der Waals surface area contributed by atoms with Crippen LogP contribution in [-0.2, 0) is 45.9 Å². The molecule has 2 aromatic heterocycles. The third-order valence-corrected chi connectivity index (χ3v) is 12.8. The van der Waals surface area contributed by atoms with Crippen LogP contribution >= 0.6 is 0 Å². The second kappa shape index (κ2) is 13.7. The van der Waals surface area contributed by atoms with E-state index in [1.165, 1.54) is 12.1 Å². The van der Waals surface area contributed by atoms with Crippen LogP contribution in [0.1, 0.15) is 35.7 Å². The molecule has 1 saturated heterocycles. The van der Waals surface area contributed by atoms with Crippen LogP contribution in [0.2, 0.25) is 18.6 Å². The average Bonchev–Trinajstić information content (AvgIpc) is 3.86.